The highest BCUT2D eigenvalue weighted by atomic mass is 15.0. The third-order valence-corrected chi connectivity index (χ3v) is 9.84. The zero-order chi connectivity index (χ0) is 38.3. The summed E-state index contributed by atoms with van der Waals surface area (Å²) in [5.41, 5.74) is 12.4. The Balaban J connectivity index is 1.23. The molecule has 6 heteroatoms. The summed E-state index contributed by atoms with van der Waals surface area (Å²) in [6.07, 6.45) is 5.50. The molecule has 4 aromatic heterocycles. The van der Waals surface area contributed by atoms with Crippen molar-refractivity contribution >= 4 is 0 Å². The van der Waals surface area contributed by atoms with Crippen LogP contribution in [0.1, 0.15) is 79.0 Å². The largest absolute Gasteiger partial charge is 0.255 e. The van der Waals surface area contributed by atoms with Crippen LogP contribution < -0.4 is 0 Å². The highest BCUT2D eigenvalue weighted by molar-refractivity contribution is 5.70. The molecule has 0 bridgehead atoms. The summed E-state index contributed by atoms with van der Waals surface area (Å²) in [6, 6.07) is 38.0. The van der Waals surface area contributed by atoms with Gasteiger partial charge in [0.15, 0.2) is 17.5 Å². The molecule has 0 amide bonds. The van der Waals surface area contributed by atoms with E-state index >= 15 is 0 Å². The lowest BCUT2D eigenvalue weighted by Crippen LogP contribution is -2.10. The molecule has 3 aromatic carbocycles. The number of benzene rings is 3. The molecule has 0 unspecified atom stereocenters. The summed E-state index contributed by atoms with van der Waals surface area (Å²) in [7, 11) is 0. The minimum absolute atomic E-state index is 0.0883. The SMILES string of the molecule is CC(C)(C)c1ccc(-c2ccc(-c3nc(-c4ccc(-c5ccc(C(C)(C)C)cc5)nc4)nc(-c4ccc(-c5ccc(C(C)(C)C)cc5)nc4)n3)cn2)cc1. The summed E-state index contributed by atoms with van der Waals surface area (Å²) < 4.78 is 0. The molecule has 7 rings (SSSR count). The second-order valence-corrected chi connectivity index (χ2v) is 17.1. The normalized spacial score (nSPS) is 12.2. The maximum absolute atomic E-state index is 4.95. The van der Waals surface area contributed by atoms with Crippen LogP contribution in [-0.2, 0) is 16.2 Å². The van der Waals surface area contributed by atoms with Gasteiger partial charge in [0.05, 0.1) is 17.1 Å². The van der Waals surface area contributed by atoms with Gasteiger partial charge in [-0.3, -0.25) is 15.0 Å². The molecular formula is C48H48N6. The lowest BCUT2D eigenvalue weighted by Gasteiger charge is -2.19. The molecule has 54 heavy (non-hydrogen) atoms. The van der Waals surface area contributed by atoms with Crippen molar-refractivity contribution in [3.8, 4) is 67.9 Å². The Morgan fingerprint density at radius 2 is 0.500 bits per heavy atom. The average molecular weight is 709 g/mol. The minimum Gasteiger partial charge on any atom is -0.255 e. The van der Waals surface area contributed by atoms with Gasteiger partial charge < -0.3 is 0 Å². The molecule has 0 aliphatic carbocycles. The van der Waals surface area contributed by atoms with E-state index in [1.807, 2.05) is 55.0 Å². The van der Waals surface area contributed by atoms with Gasteiger partial charge in [-0.15, -0.1) is 0 Å². The van der Waals surface area contributed by atoms with E-state index in [1.165, 1.54) is 16.7 Å². The van der Waals surface area contributed by atoms with Crippen molar-refractivity contribution in [1.29, 1.82) is 0 Å². The first-order chi connectivity index (χ1) is 25.6. The molecule has 0 spiro atoms. The Labute approximate surface area is 319 Å². The van der Waals surface area contributed by atoms with Crippen molar-refractivity contribution < 1.29 is 0 Å². The number of hydrogen-bond donors (Lipinski definition) is 0. The zero-order valence-electron chi connectivity index (χ0n) is 32.8. The number of rotatable bonds is 6. The first kappa shape index (κ1) is 36.5. The van der Waals surface area contributed by atoms with E-state index in [9.17, 15) is 0 Å². The van der Waals surface area contributed by atoms with Crippen LogP contribution in [0.2, 0.25) is 0 Å². The van der Waals surface area contributed by atoms with Crippen molar-refractivity contribution in [2.24, 2.45) is 0 Å². The van der Waals surface area contributed by atoms with Gasteiger partial charge >= 0.3 is 0 Å². The predicted octanol–water partition coefficient (Wildman–Crippen LogP) is 12.0. The molecule has 0 N–H and O–H groups in total. The van der Waals surface area contributed by atoms with Crippen LogP contribution in [0.15, 0.2) is 128 Å². The van der Waals surface area contributed by atoms with Crippen LogP contribution in [0.5, 0.6) is 0 Å². The molecule has 4 heterocycles. The van der Waals surface area contributed by atoms with Crippen LogP contribution in [0.3, 0.4) is 0 Å². The third-order valence-electron chi connectivity index (χ3n) is 9.84. The van der Waals surface area contributed by atoms with Crippen LogP contribution in [0.25, 0.3) is 67.9 Å². The second kappa shape index (κ2) is 14.2. The van der Waals surface area contributed by atoms with Gasteiger partial charge in [0.25, 0.3) is 0 Å². The summed E-state index contributed by atoms with van der Waals surface area (Å²) in [5.74, 6) is 1.59. The predicted molar refractivity (Wildman–Crippen MR) is 222 cm³/mol. The van der Waals surface area contributed by atoms with Crippen molar-refractivity contribution in [2.45, 2.75) is 78.6 Å². The zero-order valence-corrected chi connectivity index (χ0v) is 32.8. The van der Waals surface area contributed by atoms with Crippen LogP contribution in [0, 0.1) is 0 Å². The lowest BCUT2D eigenvalue weighted by molar-refractivity contribution is 0.590. The van der Waals surface area contributed by atoms with Crippen molar-refractivity contribution in [1.82, 2.24) is 29.9 Å². The van der Waals surface area contributed by atoms with E-state index in [0.29, 0.717) is 17.5 Å². The molecule has 0 aliphatic rings. The minimum atomic E-state index is 0.0883. The van der Waals surface area contributed by atoms with Crippen molar-refractivity contribution in [2.75, 3.05) is 0 Å². The number of aromatic nitrogens is 6. The Hall–Kier alpha value is -5.88. The molecule has 0 fully saturated rings. The standard InChI is InChI=1S/C48H48N6/c1-46(2,3)37-19-10-31(11-20-37)40-25-16-34(28-49-40)43-52-44(35-17-26-41(50-29-35)32-12-21-38(22-13-32)47(4,5)6)54-45(53-43)36-18-27-42(51-30-36)33-14-23-39(24-15-33)48(7,8)9/h10-30H,1-9H3. The van der Waals surface area contributed by atoms with E-state index in [-0.39, 0.29) is 16.2 Å². The smallest absolute Gasteiger partial charge is 0.165 e. The van der Waals surface area contributed by atoms with E-state index in [0.717, 1.165) is 50.5 Å². The fraction of sp³-hybridized carbons (Fsp3) is 0.250. The maximum atomic E-state index is 4.95. The number of hydrogen-bond acceptors (Lipinski definition) is 6. The monoisotopic (exact) mass is 708 g/mol. The van der Waals surface area contributed by atoms with Gasteiger partial charge in [-0.05, 0) is 69.3 Å². The number of nitrogens with zero attached hydrogens (tertiary/aromatic N) is 6. The van der Waals surface area contributed by atoms with Gasteiger partial charge in [-0.2, -0.15) is 0 Å². The Kier molecular flexibility index (Phi) is 9.57. The summed E-state index contributed by atoms with van der Waals surface area (Å²) >= 11 is 0. The molecule has 0 atom stereocenters. The summed E-state index contributed by atoms with van der Waals surface area (Å²) in [5, 5.41) is 0. The molecule has 0 aliphatic heterocycles. The lowest BCUT2D eigenvalue weighted by atomic mass is 9.86. The fourth-order valence-corrected chi connectivity index (χ4v) is 6.28. The van der Waals surface area contributed by atoms with Gasteiger partial charge in [0, 0.05) is 52.0 Å². The van der Waals surface area contributed by atoms with E-state index in [1.54, 1.807) is 0 Å². The molecule has 0 radical (unpaired) electrons. The van der Waals surface area contributed by atoms with Gasteiger partial charge in [-0.25, -0.2) is 15.0 Å². The molecule has 0 saturated heterocycles. The van der Waals surface area contributed by atoms with Crippen molar-refractivity contribution in [3.63, 3.8) is 0 Å². The second-order valence-electron chi connectivity index (χ2n) is 17.1. The fourth-order valence-electron chi connectivity index (χ4n) is 6.28. The molecular weight excluding hydrogens is 661 g/mol. The quantitative estimate of drug-likeness (QED) is 0.171. The summed E-state index contributed by atoms with van der Waals surface area (Å²) in [4.78, 5) is 29.3. The molecule has 270 valence electrons. The highest BCUT2D eigenvalue weighted by Crippen LogP contribution is 2.31. The van der Waals surface area contributed by atoms with E-state index in [4.69, 9.17) is 29.9 Å². The molecule has 7 aromatic rings. The first-order valence-electron chi connectivity index (χ1n) is 18.6. The Morgan fingerprint density at radius 1 is 0.278 bits per heavy atom. The van der Waals surface area contributed by atoms with E-state index < -0.39 is 0 Å². The maximum Gasteiger partial charge on any atom is 0.165 e. The van der Waals surface area contributed by atoms with Crippen LogP contribution in [-0.4, -0.2) is 29.9 Å². The van der Waals surface area contributed by atoms with Crippen molar-refractivity contribution in [3.05, 3.63) is 144 Å². The number of pyridine rings is 3. The Morgan fingerprint density at radius 3 is 0.685 bits per heavy atom. The first-order valence-corrected chi connectivity index (χ1v) is 18.6. The molecule has 0 saturated carbocycles. The average Bonchev–Trinajstić information content (AvgIpc) is 3.17. The van der Waals surface area contributed by atoms with Crippen LogP contribution >= 0.6 is 0 Å². The highest BCUT2D eigenvalue weighted by Gasteiger charge is 2.18. The molecule has 6 nitrogen and oxygen atoms in total. The van der Waals surface area contributed by atoms with E-state index in [2.05, 4.69) is 135 Å². The van der Waals surface area contributed by atoms with Crippen LogP contribution in [0.4, 0.5) is 0 Å². The Bertz CT molecular complexity index is 2070. The van der Waals surface area contributed by atoms with Gasteiger partial charge in [-0.1, -0.05) is 135 Å². The third kappa shape index (κ3) is 8.03. The van der Waals surface area contributed by atoms with Gasteiger partial charge in [0.2, 0.25) is 0 Å². The van der Waals surface area contributed by atoms with Gasteiger partial charge in [0.1, 0.15) is 0 Å². The topological polar surface area (TPSA) is 77.3 Å². The summed E-state index contributed by atoms with van der Waals surface area (Å²) in [6.45, 7) is 20.0.